The molecule has 2 rings (SSSR count). The van der Waals surface area contributed by atoms with Gasteiger partial charge in [-0.15, -0.1) is 0 Å². The number of rotatable bonds is 6. The molecule has 0 amide bonds. The highest BCUT2D eigenvalue weighted by Gasteiger charge is 2.19. The Morgan fingerprint density at radius 1 is 1.04 bits per heavy atom. The molecule has 2 aromatic rings. The second kappa shape index (κ2) is 7.28. The van der Waals surface area contributed by atoms with Crippen LogP contribution >= 0.6 is 0 Å². The van der Waals surface area contributed by atoms with Crippen LogP contribution in [0.25, 0.3) is 0 Å². The summed E-state index contributed by atoms with van der Waals surface area (Å²) < 4.78 is 33.9. The lowest BCUT2D eigenvalue weighted by Gasteiger charge is -2.09. The van der Waals surface area contributed by atoms with E-state index in [0.29, 0.717) is 5.75 Å². The number of esters is 1. The predicted molar refractivity (Wildman–Crippen MR) is 86.5 cm³/mol. The number of carbonyl (C=O) groups excluding carboxylic acids is 1. The molecule has 0 fully saturated rings. The third-order valence-electron chi connectivity index (χ3n) is 3.08. The minimum atomic E-state index is -3.49. The molecular weight excluding hydrogens is 316 g/mol. The van der Waals surface area contributed by atoms with Gasteiger partial charge in [-0.25, -0.2) is 13.2 Å². The van der Waals surface area contributed by atoms with E-state index in [1.54, 1.807) is 12.1 Å². The summed E-state index contributed by atoms with van der Waals surface area (Å²) in [5.41, 5.74) is 1.10. The number of carbonyl (C=O) groups is 1. The van der Waals surface area contributed by atoms with Gasteiger partial charge in [-0.1, -0.05) is 24.3 Å². The fourth-order valence-corrected chi connectivity index (χ4v) is 2.91. The maximum Gasteiger partial charge on any atom is 0.339 e. The molecule has 0 spiro atoms. The van der Waals surface area contributed by atoms with Crippen LogP contribution in [0.2, 0.25) is 0 Å². The van der Waals surface area contributed by atoms with Gasteiger partial charge in [0.25, 0.3) is 0 Å². The fourth-order valence-electron chi connectivity index (χ4n) is 2.04. The molecule has 0 N–H and O–H groups in total. The zero-order chi connectivity index (χ0) is 16.9. The molecule has 0 saturated heterocycles. The summed E-state index contributed by atoms with van der Waals surface area (Å²) in [4.78, 5) is 12.0. The van der Waals surface area contributed by atoms with Crippen molar-refractivity contribution in [1.29, 1.82) is 0 Å². The van der Waals surface area contributed by atoms with Crippen LogP contribution < -0.4 is 4.74 Å². The van der Waals surface area contributed by atoms with Crippen LogP contribution in [0.15, 0.2) is 53.4 Å². The average molecular weight is 334 g/mol. The summed E-state index contributed by atoms with van der Waals surface area (Å²) in [6.07, 6.45) is 1.06. The van der Waals surface area contributed by atoms with Crippen LogP contribution in [0.4, 0.5) is 0 Å². The lowest BCUT2D eigenvalue weighted by molar-refractivity contribution is 0.0446. The molecule has 6 heteroatoms. The first kappa shape index (κ1) is 17.0. The second-order valence-corrected chi connectivity index (χ2v) is 7.05. The summed E-state index contributed by atoms with van der Waals surface area (Å²) in [7, 11) is -3.49. The van der Waals surface area contributed by atoms with Crippen molar-refractivity contribution in [3.63, 3.8) is 0 Å². The maximum absolute atomic E-state index is 12.0. The highest BCUT2D eigenvalue weighted by Crippen LogP contribution is 2.16. The third kappa shape index (κ3) is 4.82. The van der Waals surface area contributed by atoms with Crippen molar-refractivity contribution in [2.75, 3.05) is 19.5 Å². The largest absolute Gasteiger partial charge is 0.490 e. The minimum Gasteiger partial charge on any atom is -0.490 e. The van der Waals surface area contributed by atoms with E-state index in [0.717, 1.165) is 11.8 Å². The minimum absolute atomic E-state index is 0.0326. The van der Waals surface area contributed by atoms with Crippen molar-refractivity contribution in [3.8, 4) is 5.75 Å². The van der Waals surface area contributed by atoms with Crippen molar-refractivity contribution in [3.05, 3.63) is 59.7 Å². The monoisotopic (exact) mass is 334 g/mol. The zero-order valence-electron chi connectivity index (χ0n) is 13.0. The summed E-state index contributed by atoms with van der Waals surface area (Å²) in [5, 5.41) is 0. The van der Waals surface area contributed by atoms with Crippen LogP contribution in [-0.4, -0.2) is 33.9 Å². The Kier molecular flexibility index (Phi) is 5.39. The van der Waals surface area contributed by atoms with E-state index < -0.39 is 15.8 Å². The van der Waals surface area contributed by atoms with E-state index in [1.165, 1.54) is 12.1 Å². The molecular formula is C17H18O5S. The molecule has 0 aromatic heterocycles. The number of sulfone groups is 1. The lowest BCUT2D eigenvalue weighted by Crippen LogP contribution is -2.15. The molecule has 0 aliphatic carbocycles. The molecule has 0 aliphatic heterocycles. The maximum atomic E-state index is 12.0. The van der Waals surface area contributed by atoms with E-state index >= 15 is 0 Å². The summed E-state index contributed by atoms with van der Waals surface area (Å²) in [5.74, 6) is 0.0106. The van der Waals surface area contributed by atoms with E-state index in [-0.39, 0.29) is 23.7 Å². The van der Waals surface area contributed by atoms with Gasteiger partial charge < -0.3 is 9.47 Å². The SMILES string of the molecule is Cc1cccc(OCCOC(=O)c2ccccc2S(C)(=O)=O)c1. The van der Waals surface area contributed by atoms with Gasteiger partial charge in [0.1, 0.15) is 19.0 Å². The van der Waals surface area contributed by atoms with Gasteiger partial charge in [0.2, 0.25) is 0 Å². The van der Waals surface area contributed by atoms with E-state index in [9.17, 15) is 13.2 Å². The van der Waals surface area contributed by atoms with E-state index in [4.69, 9.17) is 9.47 Å². The molecule has 0 radical (unpaired) electrons. The van der Waals surface area contributed by atoms with Crippen LogP contribution in [0.3, 0.4) is 0 Å². The second-order valence-electron chi connectivity index (χ2n) is 5.07. The standard InChI is InChI=1S/C17H18O5S/c1-13-6-5-7-14(12-13)21-10-11-22-17(18)15-8-3-4-9-16(15)23(2,19)20/h3-9,12H,10-11H2,1-2H3. The van der Waals surface area contributed by atoms with Crippen LogP contribution in [-0.2, 0) is 14.6 Å². The molecule has 23 heavy (non-hydrogen) atoms. The Hall–Kier alpha value is -2.34. The molecule has 122 valence electrons. The first-order valence-corrected chi connectivity index (χ1v) is 8.93. The van der Waals surface area contributed by atoms with E-state index in [2.05, 4.69) is 0 Å². The third-order valence-corrected chi connectivity index (χ3v) is 4.24. The average Bonchev–Trinajstić information content (AvgIpc) is 2.50. The van der Waals surface area contributed by atoms with Gasteiger partial charge in [0, 0.05) is 6.26 Å². The van der Waals surface area contributed by atoms with Gasteiger partial charge in [0.15, 0.2) is 9.84 Å². The quantitative estimate of drug-likeness (QED) is 0.600. The Balaban J connectivity index is 1.93. The van der Waals surface area contributed by atoms with Crippen molar-refractivity contribution in [2.24, 2.45) is 0 Å². The highest BCUT2D eigenvalue weighted by molar-refractivity contribution is 7.90. The number of benzene rings is 2. The summed E-state index contributed by atoms with van der Waals surface area (Å²) in [6, 6.07) is 13.5. The molecule has 5 nitrogen and oxygen atoms in total. The summed E-state index contributed by atoms with van der Waals surface area (Å²) >= 11 is 0. The van der Waals surface area contributed by atoms with Crippen LogP contribution in [0, 0.1) is 6.92 Å². The van der Waals surface area contributed by atoms with Crippen molar-refractivity contribution in [1.82, 2.24) is 0 Å². The molecule has 2 aromatic carbocycles. The first-order valence-electron chi connectivity index (χ1n) is 7.03. The Bertz CT molecular complexity index is 796. The van der Waals surface area contributed by atoms with Gasteiger partial charge in [-0.05, 0) is 36.8 Å². The number of hydrogen-bond donors (Lipinski definition) is 0. The van der Waals surface area contributed by atoms with Gasteiger partial charge >= 0.3 is 5.97 Å². The molecule has 0 saturated carbocycles. The summed E-state index contributed by atoms with van der Waals surface area (Å²) in [6.45, 7) is 2.18. The zero-order valence-corrected chi connectivity index (χ0v) is 13.8. The molecule has 0 aliphatic rings. The fraction of sp³-hybridized carbons (Fsp3) is 0.235. The number of ether oxygens (including phenoxy) is 2. The van der Waals surface area contributed by atoms with Gasteiger partial charge in [-0.3, -0.25) is 0 Å². The van der Waals surface area contributed by atoms with Crippen molar-refractivity contribution >= 4 is 15.8 Å². The normalized spacial score (nSPS) is 11.0. The predicted octanol–water partition coefficient (Wildman–Crippen LogP) is 2.63. The topological polar surface area (TPSA) is 69.7 Å². The van der Waals surface area contributed by atoms with Crippen LogP contribution in [0.5, 0.6) is 5.75 Å². The van der Waals surface area contributed by atoms with E-state index in [1.807, 2.05) is 31.2 Å². The number of hydrogen-bond acceptors (Lipinski definition) is 5. The highest BCUT2D eigenvalue weighted by atomic mass is 32.2. The van der Waals surface area contributed by atoms with Crippen molar-refractivity contribution in [2.45, 2.75) is 11.8 Å². The van der Waals surface area contributed by atoms with Crippen molar-refractivity contribution < 1.29 is 22.7 Å². The Labute approximate surface area is 135 Å². The lowest BCUT2D eigenvalue weighted by atomic mass is 10.2. The number of aryl methyl sites for hydroxylation is 1. The molecule has 0 heterocycles. The van der Waals surface area contributed by atoms with Crippen LogP contribution in [0.1, 0.15) is 15.9 Å². The Morgan fingerprint density at radius 3 is 2.48 bits per heavy atom. The Morgan fingerprint density at radius 2 is 1.78 bits per heavy atom. The molecule has 0 unspecified atom stereocenters. The smallest absolute Gasteiger partial charge is 0.339 e. The molecule has 0 atom stereocenters. The van der Waals surface area contributed by atoms with Gasteiger partial charge in [0.05, 0.1) is 10.5 Å². The van der Waals surface area contributed by atoms with Gasteiger partial charge in [-0.2, -0.15) is 0 Å². The molecule has 0 bridgehead atoms. The first-order chi connectivity index (χ1) is 10.9.